The van der Waals surface area contributed by atoms with Crippen LogP contribution in [0.4, 0.5) is 20.4 Å². The molecule has 0 atom stereocenters. The summed E-state index contributed by atoms with van der Waals surface area (Å²) in [4.78, 5) is 12.6. The van der Waals surface area contributed by atoms with Crippen LogP contribution in [0.5, 0.6) is 5.75 Å². The summed E-state index contributed by atoms with van der Waals surface area (Å²) in [5.74, 6) is 0.270. The van der Waals surface area contributed by atoms with Gasteiger partial charge in [-0.25, -0.2) is 23.7 Å². The molecule has 6 nitrogen and oxygen atoms in total. The number of anilines is 2. The first-order valence-electron chi connectivity index (χ1n) is 10.00. The Bertz CT molecular complexity index is 1250. The van der Waals surface area contributed by atoms with Crippen LogP contribution in [0.15, 0.2) is 36.5 Å². The lowest BCUT2D eigenvalue weighted by molar-refractivity contribution is 0.339. The number of imidazole rings is 1. The molecule has 0 unspecified atom stereocenters. The molecule has 0 spiro atoms. The van der Waals surface area contributed by atoms with E-state index in [2.05, 4.69) is 26.3 Å². The zero-order chi connectivity index (χ0) is 22.1. The maximum absolute atomic E-state index is 14.8. The highest BCUT2D eigenvalue weighted by atomic mass is 19.1. The van der Waals surface area contributed by atoms with Crippen molar-refractivity contribution < 1.29 is 13.5 Å². The van der Waals surface area contributed by atoms with Crippen molar-refractivity contribution in [3.63, 3.8) is 0 Å². The molecule has 0 aliphatic carbocycles. The van der Waals surface area contributed by atoms with Crippen LogP contribution in [-0.2, 0) is 0 Å². The van der Waals surface area contributed by atoms with Gasteiger partial charge in [-0.3, -0.25) is 0 Å². The number of fused-ring (bicyclic) bond motifs is 1. The highest BCUT2D eigenvalue weighted by molar-refractivity contribution is 5.83. The lowest BCUT2D eigenvalue weighted by atomic mass is 10.1. The van der Waals surface area contributed by atoms with E-state index in [1.54, 1.807) is 24.3 Å². The minimum absolute atomic E-state index is 0.0000144. The standard InChI is InChI=1S/C23H22F2N5O/c1-5-31-17-8-6-7-16(11-17)28-23-26-12-19(25)21(29-23)15-9-18(24)22-20(10-15)30(13(2)3)14(4)27-22/h6-7,9-13H,5H2,1-4H3,(H,26,28,29). The van der Waals surface area contributed by atoms with Crippen molar-refractivity contribution in [1.82, 2.24) is 19.5 Å². The van der Waals surface area contributed by atoms with Crippen molar-refractivity contribution in [2.24, 2.45) is 0 Å². The van der Waals surface area contributed by atoms with Crippen LogP contribution in [-0.4, -0.2) is 26.1 Å². The van der Waals surface area contributed by atoms with Gasteiger partial charge in [-0.15, -0.1) is 0 Å². The normalized spacial score (nSPS) is 11.3. The van der Waals surface area contributed by atoms with Crippen molar-refractivity contribution in [1.29, 1.82) is 0 Å². The number of hydrogen-bond acceptors (Lipinski definition) is 5. The zero-order valence-corrected chi connectivity index (χ0v) is 17.7. The second kappa shape index (κ2) is 8.29. The quantitative estimate of drug-likeness (QED) is 0.438. The van der Waals surface area contributed by atoms with Crippen LogP contribution < -0.4 is 10.1 Å². The fraction of sp³-hybridized carbons (Fsp3) is 0.261. The first-order valence-corrected chi connectivity index (χ1v) is 10.00. The van der Waals surface area contributed by atoms with Crippen molar-refractivity contribution >= 4 is 22.7 Å². The number of ether oxygens (including phenoxy) is 1. The van der Waals surface area contributed by atoms with Crippen molar-refractivity contribution in [3.05, 3.63) is 60.1 Å². The first kappa shape index (κ1) is 20.7. The third kappa shape index (κ3) is 4.05. The fourth-order valence-electron chi connectivity index (χ4n) is 3.58. The second-order valence-electron chi connectivity index (χ2n) is 7.34. The number of aromatic nitrogens is 4. The number of nitrogens with one attached hydrogen (secondary N) is 1. The van der Waals surface area contributed by atoms with E-state index in [0.717, 1.165) is 6.20 Å². The third-order valence-electron chi connectivity index (χ3n) is 4.79. The monoisotopic (exact) mass is 422 g/mol. The molecular weight excluding hydrogens is 400 g/mol. The maximum atomic E-state index is 14.8. The van der Waals surface area contributed by atoms with E-state index >= 15 is 0 Å². The molecule has 0 amide bonds. The summed E-state index contributed by atoms with van der Waals surface area (Å²) in [5, 5.41) is 3.03. The molecule has 8 heteroatoms. The van der Waals surface area contributed by atoms with E-state index in [4.69, 9.17) is 4.74 Å². The van der Waals surface area contributed by atoms with Gasteiger partial charge in [-0.1, -0.05) is 0 Å². The summed E-state index contributed by atoms with van der Waals surface area (Å²) < 4.78 is 36.8. The molecule has 159 valence electrons. The summed E-state index contributed by atoms with van der Waals surface area (Å²) in [6.07, 6.45) is 1.07. The van der Waals surface area contributed by atoms with Gasteiger partial charge in [0.2, 0.25) is 5.95 Å². The van der Waals surface area contributed by atoms with Gasteiger partial charge in [0.25, 0.3) is 0 Å². The third-order valence-corrected chi connectivity index (χ3v) is 4.79. The van der Waals surface area contributed by atoms with E-state index in [9.17, 15) is 8.78 Å². The van der Waals surface area contributed by atoms with E-state index in [0.29, 0.717) is 34.9 Å². The molecule has 2 heterocycles. The van der Waals surface area contributed by atoms with Crippen LogP contribution in [0.2, 0.25) is 0 Å². The number of benzene rings is 2. The van der Waals surface area contributed by atoms with Crippen molar-refractivity contribution in [2.75, 3.05) is 11.9 Å². The molecule has 0 bridgehead atoms. The molecule has 1 N–H and O–H groups in total. The van der Waals surface area contributed by atoms with Gasteiger partial charge in [0, 0.05) is 29.4 Å². The SMILES string of the molecule is CCOc1[c]ccc(Nc2ncc(F)c(-c3cc(F)c4nc(C)n(C(C)C)c4c3)n2)c1. The van der Waals surface area contributed by atoms with Gasteiger partial charge >= 0.3 is 0 Å². The molecule has 0 saturated carbocycles. The Labute approximate surface area is 178 Å². The molecule has 4 rings (SSSR count). The number of nitrogens with zero attached hydrogens (tertiary/aromatic N) is 4. The lowest BCUT2D eigenvalue weighted by Gasteiger charge is -2.12. The number of rotatable bonds is 6. The van der Waals surface area contributed by atoms with Gasteiger partial charge in [-0.05, 0) is 52.0 Å². The van der Waals surface area contributed by atoms with E-state index in [1.807, 2.05) is 32.3 Å². The van der Waals surface area contributed by atoms with Crippen molar-refractivity contribution in [3.8, 4) is 17.0 Å². The van der Waals surface area contributed by atoms with Crippen LogP contribution in [0, 0.1) is 24.6 Å². The Morgan fingerprint density at radius 2 is 1.97 bits per heavy atom. The summed E-state index contributed by atoms with van der Waals surface area (Å²) in [7, 11) is 0. The van der Waals surface area contributed by atoms with Crippen molar-refractivity contribution in [2.45, 2.75) is 33.7 Å². The Kier molecular flexibility index (Phi) is 5.54. The number of aryl methyl sites for hydroxylation is 1. The lowest BCUT2D eigenvalue weighted by Crippen LogP contribution is -2.03. The van der Waals surface area contributed by atoms with E-state index < -0.39 is 11.6 Å². The topological polar surface area (TPSA) is 64.9 Å². The van der Waals surface area contributed by atoms with Crippen LogP contribution in [0.25, 0.3) is 22.3 Å². The zero-order valence-electron chi connectivity index (χ0n) is 17.7. The fourth-order valence-corrected chi connectivity index (χ4v) is 3.58. The molecule has 2 aromatic heterocycles. The van der Waals surface area contributed by atoms with Crippen LogP contribution in [0.3, 0.4) is 0 Å². The molecule has 0 aliphatic rings. The second-order valence-corrected chi connectivity index (χ2v) is 7.34. The highest BCUT2D eigenvalue weighted by Crippen LogP contribution is 2.30. The maximum Gasteiger partial charge on any atom is 0.227 e. The highest BCUT2D eigenvalue weighted by Gasteiger charge is 2.18. The van der Waals surface area contributed by atoms with Gasteiger partial charge < -0.3 is 14.6 Å². The van der Waals surface area contributed by atoms with Gasteiger partial charge in [0.1, 0.15) is 22.8 Å². The van der Waals surface area contributed by atoms with Gasteiger partial charge in [0.05, 0.1) is 18.3 Å². The van der Waals surface area contributed by atoms with Crippen LogP contribution >= 0.6 is 0 Å². The number of halogens is 2. The average Bonchev–Trinajstić information content (AvgIpc) is 3.06. The Morgan fingerprint density at radius 1 is 1.16 bits per heavy atom. The smallest absolute Gasteiger partial charge is 0.227 e. The minimum atomic E-state index is -0.645. The van der Waals surface area contributed by atoms with E-state index in [1.165, 1.54) is 6.07 Å². The summed E-state index contributed by atoms with van der Waals surface area (Å²) in [6, 6.07) is 11.2. The summed E-state index contributed by atoms with van der Waals surface area (Å²) in [6.45, 7) is 8.18. The molecule has 4 aromatic rings. The van der Waals surface area contributed by atoms with E-state index in [-0.39, 0.29) is 23.2 Å². The van der Waals surface area contributed by atoms with Gasteiger partial charge in [-0.2, -0.15) is 0 Å². The van der Waals surface area contributed by atoms with Crippen LogP contribution in [0.1, 0.15) is 32.6 Å². The molecule has 1 radical (unpaired) electrons. The molecular formula is C23H22F2N5O. The molecule has 31 heavy (non-hydrogen) atoms. The molecule has 0 aliphatic heterocycles. The Morgan fingerprint density at radius 3 is 2.71 bits per heavy atom. The molecule has 2 aromatic carbocycles. The summed E-state index contributed by atoms with van der Waals surface area (Å²) >= 11 is 0. The number of hydrogen-bond donors (Lipinski definition) is 1. The predicted octanol–water partition coefficient (Wildman–Crippen LogP) is 5.60. The largest absolute Gasteiger partial charge is 0.493 e. The Hall–Kier alpha value is -3.55. The predicted molar refractivity (Wildman–Crippen MR) is 116 cm³/mol. The first-order chi connectivity index (χ1) is 14.9. The molecule has 0 saturated heterocycles. The molecule has 0 fully saturated rings. The minimum Gasteiger partial charge on any atom is -0.493 e. The summed E-state index contributed by atoms with van der Waals surface area (Å²) in [5.41, 5.74) is 1.82. The van der Waals surface area contributed by atoms with Gasteiger partial charge in [0.15, 0.2) is 11.6 Å². The Balaban J connectivity index is 1.76. The average molecular weight is 422 g/mol.